The number of hydrogen-bond acceptors (Lipinski definition) is 2. The van der Waals surface area contributed by atoms with Crippen molar-refractivity contribution in [3.8, 4) is 5.69 Å². The van der Waals surface area contributed by atoms with Crippen LogP contribution >= 0.6 is 0 Å². The number of carbonyl (C=O) groups is 1. The summed E-state index contributed by atoms with van der Waals surface area (Å²) in [6.07, 6.45) is -2.42. The highest BCUT2D eigenvalue weighted by molar-refractivity contribution is 6.07. The lowest BCUT2D eigenvalue weighted by Crippen LogP contribution is -2.17. The number of amides is 1. The molecule has 162 valence electrons. The fourth-order valence-electron chi connectivity index (χ4n) is 4.16. The van der Waals surface area contributed by atoms with Crippen molar-refractivity contribution in [1.82, 2.24) is 4.57 Å². The van der Waals surface area contributed by atoms with Crippen LogP contribution in [0.5, 0.6) is 0 Å². The van der Waals surface area contributed by atoms with E-state index in [-0.39, 0.29) is 11.4 Å². The summed E-state index contributed by atoms with van der Waals surface area (Å²) in [6, 6.07) is 19.7. The summed E-state index contributed by atoms with van der Waals surface area (Å²) in [4.78, 5) is 13.3. The second kappa shape index (κ2) is 7.75. The fourth-order valence-corrected chi connectivity index (χ4v) is 4.16. The van der Waals surface area contributed by atoms with Crippen molar-refractivity contribution in [2.24, 2.45) is 0 Å². The Morgan fingerprint density at radius 3 is 2.66 bits per heavy atom. The van der Waals surface area contributed by atoms with Crippen LogP contribution in [-0.2, 0) is 12.6 Å². The van der Waals surface area contributed by atoms with Gasteiger partial charge in [0.2, 0.25) is 0 Å². The molecule has 0 saturated heterocycles. The first-order valence-corrected chi connectivity index (χ1v) is 10.4. The Morgan fingerprint density at radius 2 is 1.81 bits per heavy atom. The molecule has 1 amide bonds. The minimum atomic E-state index is -4.47. The molecule has 0 unspecified atom stereocenters. The number of anilines is 2. The summed E-state index contributed by atoms with van der Waals surface area (Å²) < 4.78 is 41.5. The van der Waals surface area contributed by atoms with E-state index in [1.165, 1.54) is 11.6 Å². The number of aryl methyl sites for hydroxylation is 1. The van der Waals surface area contributed by atoms with E-state index in [4.69, 9.17) is 0 Å². The van der Waals surface area contributed by atoms with Gasteiger partial charge in [-0.2, -0.15) is 13.2 Å². The minimum Gasteiger partial charge on any atom is -0.385 e. The zero-order valence-electron chi connectivity index (χ0n) is 17.0. The molecule has 4 nitrogen and oxygen atoms in total. The SMILES string of the molecule is O=C(Nc1ccc2c(c1)NCCC2)c1cc2ccccc2n1-c1cccc(C(F)(F)F)c1. The monoisotopic (exact) mass is 435 g/mol. The van der Waals surface area contributed by atoms with Crippen LogP contribution in [0.3, 0.4) is 0 Å². The van der Waals surface area contributed by atoms with Crippen LogP contribution in [-0.4, -0.2) is 17.0 Å². The Balaban J connectivity index is 1.57. The molecule has 0 spiro atoms. The largest absolute Gasteiger partial charge is 0.416 e. The van der Waals surface area contributed by atoms with Crippen molar-refractivity contribution in [2.75, 3.05) is 17.2 Å². The van der Waals surface area contributed by atoms with Gasteiger partial charge in [-0.25, -0.2) is 0 Å². The van der Waals surface area contributed by atoms with Gasteiger partial charge in [0, 0.05) is 29.0 Å². The van der Waals surface area contributed by atoms with Gasteiger partial charge in [0.1, 0.15) is 5.69 Å². The molecule has 0 atom stereocenters. The fraction of sp³-hybridized carbons (Fsp3) is 0.160. The maximum Gasteiger partial charge on any atom is 0.416 e. The summed E-state index contributed by atoms with van der Waals surface area (Å²) in [5.41, 5.74) is 3.25. The van der Waals surface area contributed by atoms with Gasteiger partial charge in [-0.05, 0) is 60.9 Å². The van der Waals surface area contributed by atoms with Gasteiger partial charge in [0.05, 0.1) is 11.1 Å². The number of aromatic nitrogens is 1. The van der Waals surface area contributed by atoms with Crippen molar-refractivity contribution in [3.63, 3.8) is 0 Å². The lowest BCUT2D eigenvalue weighted by molar-refractivity contribution is -0.137. The molecule has 0 bridgehead atoms. The predicted molar refractivity (Wildman–Crippen MR) is 119 cm³/mol. The summed E-state index contributed by atoms with van der Waals surface area (Å²) in [5.74, 6) is -0.394. The third-order valence-electron chi connectivity index (χ3n) is 5.68. The van der Waals surface area contributed by atoms with E-state index in [1.807, 2.05) is 30.3 Å². The number of halogens is 3. The summed E-state index contributed by atoms with van der Waals surface area (Å²) in [6.45, 7) is 0.883. The van der Waals surface area contributed by atoms with Crippen LogP contribution in [0, 0.1) is 0 Å². The maximum absolute atomic E-state index is 13.3. The number of rotatable bonds is 3. The number of nitrogens with one attached hydrogen (secondary N) is 2. The Hall–Kier alpha value is -3.74. The molecule has 0 aliphatic carbocycles. The second-order valence-electron chi connectivity index (χ2n) is 7.83. The zero-order chi connectivity index (χ0) is 22.3. The molecule has 1 aliphatic rings. The topological polar surface area (TPSA) is 46.1 Å². The van der Waals surface area contributed by atoms with Crippen molar-refractivity contribution < 1.29 is 18.0 Å². The van der Waals surface area contributed by atoms with Crippen LogP contribution < -0.4 is 10.6 Å². The Labute approximate surface area is 182 Å². The van der Waals surface area contributed by atoms with Crippen molar-refractivity contribution >= 4 is 28.2 Å². The van der Waals surface area contributed by atoms with Gasteiger partial charge >= 0.3 is 6.18 Å². The molecule has 0 saturated carbocycles. The average molecular weight is 435 g/mol. The molecular weight excluding hydrogens is 415 g/mol. The smallest absolute Gasteiger partial charge is 0.385 e. The molecule has 3 aromatic carbocycles. The minimum absolute atomic E-state index is 0.260. The number of nitrogens with zero attached hydrogens (tertiary/aromatic N) is 1. The first kappa shape index (κ1) is 20.2. The molecule has 32 heavy (non-hydrogen) atoms. The first-order chi connectivity index (χ1) is 15.4. The summed E-state index contributed by atoms with van der Waals surface area (Å²) in [7, 11) is 0. The number of fused-ring (bicyclic) bond motifs is 2. The van der Waals surface area contributed by atoms with E-state index >= 15 is 0 Å². The van der Waals surface area contributed by atoms with E-state index < -0.39 is 17.6 Å². The number of carbonyl (C=O) groups excluding carboxylic acids is 1. The molecule has 5 rings (SSSR count). The Morgan fingerprint density at radius 1 is 0.969 bits per heavy atom. The van der Waals surface area contributed by atoms with E-state index in [0.717, 1.165) is 42.6 Å². The number of para-hydroxylation sites is 1. The molecule has 7 heteroatoms. The Bertz CT molecular complexity index is 1320. The van der Waals surface area contributed by atoms with Gasteiger partial charge in [-0.3, -0.25) is 4.79 Å². The third-order valence-corrected chi connectivity index (χ3v) is 5.68. The molecule has 4 aromatic rings. The quantitative estimate of drug-likeness (QED) is 0.399. The van der Waals surface area contributed by atoms with Gasteiger partial charge < -0.3 is 15.2 Å². The molecule has 1 aliphatic heterocycles. The van der Waals surface area contributed by atoms with Gasteiger partial charge in [-0.15, -0.1) is 0 Å². The van der Waals surface area contributed by atoms with E-state index in [9.17, 15) is 18.0 Å². The normalized spacial score (nSPS) is 13.5. The summed E-state index contributed by atoms with van der Waals surface area (Å²) in [5, 5.41) is 7.00. The highest BCUT2D eigenvalue weighted by Crippen LogP contribution is 2.33. The van der Waals surface area contributed by atoms with Crippen LogP contribution in [0.25, 0.3) is 16.6 Å². The highest BCUT2D eigenvalue weighted by atomic mass is 19.4. The van der Waals surface area contributed by atoms with Crippen LogP contribution in [0.15, 0.2) is 72.8 Å². The molecule has 0 radical (unpaired) electrons. The van der Waals surface area contributed by atoms with Crippen LogP contribution in [0.2, 0.25) is 0 Å². The van der Waals surface area contributed by atoms with Crippen LogP contribution in [0.4, 0.5) is 24.5 Å². The van der Waals surface area contributed by atoms with E-state index in [2.05, 4.69) is 10.6 Å². The number of hydrogen-bond donors (Lipinski definition) is 2. The van der Waals surface area contributed by atoms with Gasteiger partial charge in [0.25, 0.3) is 5.91 Å². The number of benzene rings is 3. The molecule has 2 N–H and O–H groups in total. The highest BCUT2D eigenvalue weighted by Gasteiger charge is 2.31. The molecule has 2 heterocycles. The van der Waals surface area contributed by atoms with E-state index in [0.29, 0.717) is 11.2 Å². The maximum atomic E-state index is 13.3. The van der Waals surface area contributed by atoms with Crippen molar-refractivity contribution in [2.45, 2.75) is 19.0 Å². The predicted octanol–water partition coefficient (Wildman–Crippen LogP) is 6.26. The zero-order valence-corrected chi connectivity index (χ0v) is 17.0. The lowest BCUT2D eigenvalue weighted by Gasteiger charge is -2.19. The molecule has 1 aromatic heterocycles. The number of alkyl halides is 3. The lowest BCUT2D eigenvalue weighted by atomic mass is 10.0. The third kappa shape index (κ3) is 3.70. The second-order valence-corrected chi connectivity index (χ2v) is 7.83. The summed E-state index contributed by atoms with van der Waals surface area (Å²) >= 11 is 0. The first-order valence-electron chi connectivity index (χ1n) is 10.4. The van der Waals surface area contributed by atoms with Gasteiger partial charge in [-0.1, -0.05) is 30.3 Å². The molecular formula is C25H20F3N3O. The molecule has 0 fully saturated rings. The van der Waals surface area contributed by atoms with Gasteiger partial charge in [0.15, 0.2) is 0 Å². The van der Waals surface area contributed by atoms with E-state index in [1.54, 1.807) is 28.8 Å². The van der Waals surface area contributed by atoms with Crippen molar-refractivity contribution in [3.05, 3.63) is 89.6 Å². The van der Waals surface area contributed by atoms with Crippen molar-refractivity contribution in [1.29, 1.82) is 0 Å². The average Bonchev–Trinajstić information content (AvgIpc) is 3.18. The Kier molecular flexibility index (Phi) is 4.89. The standard InChI is InChI=1S/C25H20F3N3O/c26-25(27,28)18-7-3-8-20(14-18)31-22-9-2-1-5-17(22)13-23(31)24(32)30-19-11-10-16-6-4-12-29-21(16)15-19/h1-3,5,7-11,13-15,29H,4,6,12H2,(H,30,32). The van der Waals surface area contributed by atoms with Crippen LogP contribution in [0.1, 0.15) is 28.0 Å².